The SMILES string of the molecule is COc1ccc(CN2CC(=O)N(Cc3nccn3C)[C@@H](C)C2=O)cc1.O=CO. The zero-order chi connectivity index (χ0) is 20.7. The number of ether oxygens (including phenoxy) is 1. The van der Waals surface area contributed by atoms with Crippen LogP contribution in [0.1, 0.15) is 18.3 Å². The molecule has 1 aliphatic heterocycles. The lowest BCUT2D eigenvalue weighted by Gasteiger charge is -2.38. The molecule has 9 nitrogen and oxygen atoms in total. The quantitative estimate of drug-likeness (QED) is 0.763. The van der Waals surface area contributed by atoms with Gasteiger partial charge >= 0.3 is 0 Å². The summed E-state index contributed by atoms with van der Waals surface area (Å²) in [7, 11) is 3.49. The second-order valence-corrected chi connectivity index (χ2v) is 6.30. The van der Waals surface area contributed by atoms with Crippen LogP contribution >= 0.6 is 0 Å². The van der Waals surface area contributed by atoms with Crippen molar-refractivity contribution in [2.75, 3.05) is 13.7 Å². The molecule has 0 unspecified atom stereocenters. The summed E-state index contributed by atoms with van der Waals surface area (Å²) in [6.07, 6.45) is 3.51. The number of hydrogen-bond acceptors (Lipinski definition) is 5. The second-order valence-electron chi connectivity index (χ2n) is 6.30. The van der Waals surface area contributed by atoms with Crippen molar-refractivity contribution >= 4 is 18.3 Å². The third kappa shape index (κ3) is 4.87. The number of carbonyl (C=O) groups is 3. The van der Waals surface area contributed by atoms with Gasteiger partial charge < -0.3 is 24.2 Å². The third-order valence-electron chi connectivity index (χ3n) is 4.55. The van der Waals surface area contributed by atoms with Crippen LogP contribution in [0, 0.1) is 0 Å². The van der Waals surface area contributed by atoms with Gasteiger partial charge in [0.1, 0.15) is 24.2 Å². The van der Waals surface area contributed by atoms with Gasteiger partial charge in [0.15, 0.2) is 0 Å². The first-order valence-electron chi connectivity index (χ1n) is 8.66. The number of carboxylic acid groups (broad SMARTS) is 1. The van der Waals surface area contributed by atoms with Crippen molar-refractivity contribution in [2.45, 2.75) is 26.1 Å². The maximum absolute atomic E-state index is 12.7. The molecule has 1 atom stereocenters. The maximum Gasteiger partial charge on any atom is 0.290 e. The zero-order valence-electron chi connectivity index (χ0n) is 16.1. The minimum Gasteiger partial charge on any atom is -0.497 e. The van der Waals surface area contributed by atoms with Crippen LogP contribution in [0.4, 0.5) is 0 Å². The van der Waals surface area contributed by atoms with Crippen LogP contribution in [-0.2, 0) is 34.5 Å². The Bertz CT molecular complexity index is 818. The fourth-order valence-electron chi connectivity index (χ4n) is 2.96. The molecular weight excluding hydrogens is 364 g/mol. The molecule has 1 fully saturated rings. The molecule has 1 aliphatic rings. The largest absolute Gasteiger partial charge is 0.497 e. The smallest absolute Gasteiger partial charge is 0.290 e. The zero-order valence-corrected chi connectivity index (χ0v) is 16.1. The Labute approximate surface area is 163 Å². The summed E-state index contributed by atoms with van der Waals surface area (Å²) >= 11 is 0. The Hall–Kier alpha value is -3.36. The van der Waals surface area contributed by atoms with E-state index in [9.17, 15) is 9.59 Å². The average Bonchev–Trinajstić information content (AvgIpc) is 3.09. The van der Waals surface area contributed by atoms with Crippen LogP contribution in [0.2, 0.25) is 0 Å². The van der Waals surface area contributed by atoms with Crippen molar-refractivity contribution in [1.29, 1.82) is 0 Å². The van der Waals surface area contributed by atoms with Gasteiger partial charge in [0, 0.05) is 26.0 Å². The molecule has 2 heterocycles. The lowest BCUT2D eigenvalue weighted by molar-refractivity contribution is -0.156. The lowest BCUT2D eigenvalue weighted by atomic mass is 10.1. The molecule has 0 radical (unpaired) electrons. The fourth-order valence-corrected chi connectivity index (χ4v) is 2.96. The molecule has 1 N–H and O–H groups in total. The number of aryl methyl sites for hydroxylation is 1. The molecular formula is C19H24N4O5. The molecule has 1 aromatic heterocycles. The van der Waals surface area contributed by atoms with E-state index in [-0.39, 0.29) is 24.8 Å². The highest BCUT2D eigenvalue weighted by Gasteiger charge is 2.36. The summed E-state index contributed by atoms with van der Waals surface area (Å²) in [6.45, 7) is 2.35. The van der Waals surface area contributed by atoms with Crippen molar-refractivity contribution in [2.24, 2.45) is 7.05 Å². The highest BCUT2D eigenvalue weighted by atomic mass is 16.5. The number of carbonyl (C=O) groups excluding carboxylic acids is 2. The van der Waals surface area contributed by atoms with Crippen molar-refractivity contribution in [3.8, 4) is 5.75 Å². The van der Waals surface area contributed by atoms with Crippen LogP contribution in [0.3, 0.4) is 0 Å². The van der Waals surface area contributed by atoms with Crippen molar-refractivity contribution < 1.29 is 24.2 Å². The normalized spacial score (nSPS) is 16.5. The molecule has 0 aliphatic carbocycles. The first kappa shape index (κ1) is 20.9. The van der Waals surface area contributed by atoms with E-state index in [1.807, 2.05) is 42.1 Å². The molecule has 1 aromatic carbocycles. The first-order valence-corrected chi connectivity index (χ1v) is 8.66. The van der Waals surface area contributed by atoms with Gasteiger partial charge in [-0.2, -0.15) is 0 Å². The number of piperazine rings is 1. The molecule has 3 rings (SSSR count). The summed E-state index contributed by atoms with van der Waals surface area (Å²) in [5.74, 6) is 1.41. The summed E-state index contributed by atoms with van der Waals surface area (Å²) in [5.41, 5.74) is 0.965. The van der Waals surface area contributed by atoms with Gasteiger partial charge in [-0.05, 0) is 24.6 Å². The summed E-state index contributed by atoms with van der Waals surface area (Å²) in [5, 5.41) is 6.89. The maximum atomic E-state index is 12.7. The van der Waals surface area contributed by atoms with E-state index >= 15 is 0 Å². The molecule has 0 bridgehead atoms. The summed E-state index contributed by atoms with van der Waals surface area (Å²) < 4.78 is 6.99. The number of benzene rings is 1. The number of nitrogens with zero attached hydrogens (tertiary/aromatic N) is 4. The highest BCUT2D eigenvalue weighted by molar-refractivity contribution is 5.94. The second kappa shape index (κ2) is 9.54. The standard InChI is InChI=1S/C18H22N4O3.CH2O2/c1-13-18(24)21(10-14-4-6-15(25-3)7-5-14)12-17(23)22(13)11-16-19-8-9-20(16)2;2-1-3/h4-9,13H,10-12H2,1-3H3;1H,(H,2,3)/t13-;/m0./s1. The van der Waals surface area contributed by atoms with Gasteiger partial charge in [-0.15, -0.1) is 0 Å². The number of aromatic nitrogens is 2. The average molecular weight is 388 g/mol. The third-order valence-corrected chi connectivity index (χ3v) is 4.55. The number of amides is 2. The summed E-state index contributed by atoms with van der Waals surface area (Å²) in [6, 6.07) is 7.00. The molecule has 0 saturated carbocycles. The number of imidazole rings is 1. The Balaban J connectivity index is 0.000000878. The van der Waals surface area contributed by atoms with Crippen molar-refractivity contribution in [1.82, 2.24) is 19.4 Å². The Morgan fingerprint density at radius 3 is 2.43 bits per heavy atom. The van der Waals surface area contributed by atoms with Crippen molar-refractivity contribution in [3.05, 3.63) is 48.0 Å². The van der Waals surface area contributed by atoms with Gasteiger partial charge in [0.05, 0.1) is 13.7 Å². The van der Waals surface area contributed by atoms with E-state index in [0.717, 1.165) is 17.1 Å². The van der Waals surface area contributed by atoms with Gasteiger partial charge in [0.2, 0.25) is 11.8 Å². The van der Waals surface area contributed by atoms with E-state index in [0.29, 0.717) is 13.1 Å². The molecule has 2 aromatic rings. The number of hydrogen-bond donors (Lipinski definition) is 1. The molecule has 1 saturated heterocycles. The first-order chi connectivity index (χ1) is 13.4. The Morgan fingerprint density at radius 2 is 1.89 bits per heavy atom. The fraction of sp³-hybridized carbons (Fsp3) is 0.368. The lowest BCUT2D eigenvalue weighted by Crippen LogP contribution is -2.58. The van der Waals surface area contributed by atoms with Crippen molar-refractivity contribution in [3.63, 3.8) is 0 Å². The van der Waals surface area contributed by atoms with Gasteiger partial charge in [-0.1, -0.05) is 12.1 Å². The van der Waals surface area contributed by atoms with Crippen LogP contribution < -0.4 is 4.74 Å². The highest BCUT2D eigenvalue weighted by Crippen LogP contribution is 2.19. The molecule has 28 heavy (non-hydrogen) atoms. The minimum atomic E-state index is -0.504. The summed E-state index contributed by atoms with van der Waals surface area (Å²) in [4.78, 5) is 41.1. The molecule has 150 valence electrons. The molecule has 2 amide bonds. The van der Waals surface area contributed by atoms with Crippen LogP contribution in [0.15, 0.2) is 36.7 Å². The predicted molar refractivity (Wildman–Crippen MR) is 100 cm³/mol. The van der Waals surface area contributed by atoms with Crippen LogP contribution in [-0.4, -0.2) is 62.4 Å². The van der Waals surface area contributed by atoms with E-state index < -0.39 is 6.04 Å². The van der Waals surface area contributed by atoms with Crippen LogP contribution in [0.5, 0.6) is 5.75 Å². The molecule has 9 heteroatoms. The molecule has 0 spiro atoms. The van der Waals surface area contributed by atoms with E-state index in [2.05, 4.69) is 4.98 Å². The number of rotatable bonds is 5. The van der Waals surface area contributed by atoms with Gasteiger partial charge in [0.25, 0.3) is 6.47 Å². The van der Waals surface area contributed by atoms with Gasteiger partial charge in [-0.3, -0.25) is 14.4 Å². The van der Waals surface area contributed by atoms with E-state index in [1.54, 1.807) is 30.0 Å². The van der Waals surface area contributed by atoms with E-state index in [1.165, 1.54) is 0 Å². The monoisotopic (exact) mass is 388 g/mol. The Kier molecular flexibility index (Phi) is 7.14. The Morgan fingerprint density at radius 1 is 1.25 bits per heavy atom. The van der Waals surface area contributed by atoms with E-state index in [4.69, 9.17) is 14.6 Å². The topological polar surface area (TPSA) is 105 Å². The number of methoxy groups -OCH3 is 1. The minimum absolute atomic E-state index is 0.0513. The van der Waals surface area contributed by atoms with Crippen LogP contribution in [0.25, 0.3) is 0 Å². The predicted octanol–water partition coefficient (Wildman–Crippen LogP) is 0.889. The van der Waals surface area contributed by atoms with Gasteiger partial charge in [-0.25, -0.2) is 4.98 Å².